The maximum atomic E-state index is 9.07. The molecule has 8 rings (SSSR count). The molecule has 0 atom stereocenters. The van der Waals surface area contributed by atoms with E-state index in [4.69, 9.17) is 5.11 Å². The molecule has 0 bridgehead atoms. The molecule has 8 aromatic rings. The van der Waals surface area contributed by atoms with E-state index in [2.05, 4.69) is 149 Å². The van der Waals surface area contributed by atoms with E-state index in [-0.39, 0.29) is 0 Å². The van der Waals surface area contributed by atoms with Gasteiger partial charge >= 0.3 is 0 Å². The fourth-order valence-electron chi connectivity index (χ4n) is 7.05. The number of hydrogen-bond acceptors (Lipinski definition) is 1. The van der Waals surface area contributed by atoms with Gasteiger partial charge in [-0.2, -0.15) is 0 Å². The predicted octanol–water partition coefficient (Wildman–Crippen LogP) is 10.6. The maximum absolute atomic E-state index is 9.07. The maximum Gasteiger partial charge on any atom is 0.0541 e. The van der Waals surface area contributed by atoms with Crippen molar-refractivity contribution in [2.75, 3.05) is 6.61 Å². The van der Waals surface area contributed by atoms with Gasteiger partial charge in [0, 0.05) is 39.5 Å². The van der Waals surface area contributed by atoms with Gasteiger partial charge in [-0.25, -0.2) is 0 Å². The zero-order valence-corrected chi connectivity index (χ0v) is 25.4. The number of para-hydroxylation sites is 3. The molecule has 3 heteroatoms. The summed E-state index contributed by atoms with van der Waals surface area (Å²) in [6, 6.07) is 50.9. The van der Waals surface area contributed by atoms with Crippen molar-refractivity contribution in [1.29, 1.82) is 0 Å². The number of nitrogens with zero attached hydrogens (tertiary/aromatic N) is 2. The third-order valence-electron chi connectivity index (χ3n) is 9.27. The Morgan fingerprint density at radius 3 is 1.36 bits per heavy atom. The molecule has 6 aromatic carbocycles. The van der Waals surface area contributed by atoms with E-state index in [1.54, 1.807) is 0 Å². The van der Waals surface area contributed by atoms with Crippen molar-refractivity contribution in [3.63, 3.8) is 0 Å². The summed E-state index contributed by atoms with van der Waals surface area (Å²) in [6.07, 6.45) is 5.39. The van der Waals surface area contributed by atoms with Crippen molar-refractivity contribution >= 4 is 43.6 Å². The molecule has 0 fully saturated rings. The molecule has 0 aliphatic carbocycles. The Morgan fingerprint density at radius 2 is 0.844 bits per heavy atom. The molecule has 0 aliphatic rings. The number of aliphatic hydroxyl groups is 1. The van der Waals surface area contributed by atoms with Crippen LogP contribution in [0.2, 0.25) is 0 Å². The van der Waals surface area contributed by atoms with E-state index in [9.17, 15) is 0 Å². The second-order valence-electron chi connectivity index (χ2n) is 12.1. The largest absolute Gasteiger partial charge is 0.396 e. The fraction of sp³-hybridized carbons (Fsp3) is 0.143. The molecule has 220 valence electrons. The third-order valence-corrected chi connectivity index (χ3v) is 9.27. The van der Waals surface area contributed by atoms with E-state index in [0.29, 0.717) is 6.61 Å². The quantitative estimate of drug-likeness (QED) is 0.168. The zero-order valence-electron chi connectivity index (χ0n) is 25.4. The summed E-state index contributed by atoms with van der Waals surface area (Å²) in [6.45, 7) is 0.294. The van der Waals surface area contributed by atoms with E-state index in [1.807, 2.05) is 0 Å². The summed E-state index contributed by atoms with van der Waals surface area (Å²) < 4.78 is 4.76. The zero-order chi connectivity index (χ0) is 30.2. The molecule has 1 N–H and O–H groups in total. The number of aromatic nitrogens is 2. The summed E-state index contributed by atoms with van der Waals surface area (Å²) in [4.78, 5) is 0. The van der Waals surface area contributed by atoms with Crippen LogP contribution in [0.4, 0.5) is 0 Å². The molecule has 0 amide bonds. The first kappa shape index (κ1) is 27.4. The lowest BCUT2D eigenvalue weighted by molar-refractivity contribution is 0.282. The monoisotopic (exact) mass is 584 g/mol. The molecule has 0 unspecified atom stereocenters. The van der Waals surface area contributed by atoms with Crippen molar-refractivity contribution in [3.8, 4) is 22.5 Å². The van der Waals surface area contributed by atoms with Gasteiger partial charge in [0.2, 0.25) is 0 Å². The van der Waals surface area contributed by atoms with Crippen LogP contribution >= 0.6 is 0 Å². The second kappa shape index (κ2) is 11.8. The molecule has 2 heterocycles. The molecule has 0 saturated heterocycles. The summed E-state index contributed by atoms with van der Waals surface area (Å²) in [5.41, 5.74) is 11.1. The van der Waals surface area contributed by atoms with Crippen LogP contribution in [0.1, 0.15) is 31.2 Å². The summed E-state index contributed by atoms with van der Waals surface area (Å²) in [7, 11) is 0. The van der Waals surface area contributed by atoms with Crippen LogP contribution in [-0.2, 0) is 6.42 Å². The molecular formula is C42H36N2O. The lowest BCUT2D eigenvalue weighted by Gasteiger charge is -2.11. The van der Waals surface area contributed by atoms with E-state index < -0.39 is 0 Å². The van der Waals surface area contributed by atoms with Gasteiger partial charge in [0.25, 0.3) is 0 Å². The minimum atomic E-state index is 0.294. The van der Waals surface area contributed by atoms with Crippen LogP contribution in [0.15, 0.2) is 140 Å². The first-order valence-electron chi connectivity index (χ1n) is 16.1. The highest BCUT2D eigenvalue weighted by Crippen LogP contribution is 2.35. The molecule has 45 heavy (non-hydrogen) atoms. The summed E-state index contributed by atoms with van der Waals surface area (Å²) >= 11 is 0. The number of aliphatic hydroxyl groups excluding tert-OH is 1. The van der Waals surface area contributed by atoms with Gasteiger partial charge in [0.05, 0.1) is 22.1 Å². The number of hydrogen-bond donors (Lipinski definition) is 1. The Morgan fingerprint density at radius 1 is 0.400 bits per heavy atom. The topological polar surface area (TPSA) is 30.1 Å². The molecule has 0 aliphatic heterocycles. The predicted molar refractivity (Wildman–Crippen MR) is 190 cm³/mol. The molecule has 2 aromatic heterocycles. The van der Waals surface area contributed by atoms with Gasteiger partial charge in [-0.15, -0.1) is 0 Å². The minimum absolute atomic E-state index is 0.294. The Hall–Kier alpha value is -5.12. The average Bonchev–Trinajstić information content (AvgIpc) is 3.61. The average molecular weight is 585 g/mol. The number of unbranched alkanes of at least 4 members (excludes halogenated alkanes) is 3. The van der Waals surface area contributed by atoms with Crippen LogP contribution in [0.3, 0.4) is 0 Å². The Labute approximate surface area is 263 Å². The molecule has 0 saturated carbocycles. The van der Waals surface area contributed by atoms with Crippen molar-refractivity contribution in [2.24, 2.45) is 0 Å². The van der Waals surface area contributed by atoms with E-state index in [0.717, 1.165) is 32.1 Å². The Kier molecular flexibility index (Phi) is 7.17. The van der Waals surface area contributed by atoms with Gasteiger partial charge in [0.1, 0.15) is 0 Å². The van der Waals surface area contributed by atoms with E-state index >= 15 is 0 Å². The van der Waals surface area contributed by atoms with Gasteiger partial charge in [-0.05, 0) is 90.6 Å². The SMILES string of the molecule is OCCCCCCc1ccc2c(c1)c1ccccc1n2-c1ccc(-c2ccc(-n3c4ccccc4c4ccccc43)cc2)cc1. The summed E-state index contributed by atoms with van der Waals surface area (Å²) in [5, 5.41) is 14.2. The smallest absolute Gasteiger partial charge is 0.0541 e. The van der Waals surface area contributed by atoms with Gasteiger partial charge in [-0.1, -0.05) is 97.8 Å². The molecule has 0 spiro atoms. The Balaban J connectivity index is 1.11. The lowest BCUT2D eigenvalue weighted by Crippen LogP contribution is -1.95. The van der Waals surface area contributed by atoms with Crippen LogP contribution in [0.5, 0.6) is 0 Å². The molecular weight excluding hydrogens is 548 g/mol. The Bertz CT molecular complexity index is 2220. The normalized spacial score (nSPS) is 11.8. The lowest BCUT2D eigenvalue weighted by atomic mass is 10.0. The van der Waals surface area contributed by atoms with Crippen LogP contribution < -0.4 is 0 Å². The summed E-state index contributed by atoms with van der Waals surface area (Å²) in [5.74, 6) is 0. The van der Waals surface area contributed by atoms with E-state index in [1.165, 1.54) is 71.7 Å². The second-order valence-corrected chi connectivity index (χ2v) is 12.1. The highest BCUT2D eigenvalue weighted by atomic mass is 16.2. The molecule has 3 nitrogen and oxygen atoms in total. The van der Waals surface area contributed by atoms with Gasteiger partial charge in [-0.3, -0.25) is 0 Å². The van der Waals surface area contributed by atoms with Crippen molar-refractivity contribution in [3.05, 3.63) is 145 Å². The highest BCUT2D eigenvalue weighted by molar-refractivity contribution is 6.10. The minimum Gasteiger partial charge on any atom is -0.396 e. The highest BCUT2D eigenvalue weighted by Gasteiger charge is 2.14. The van der Waals surface area contributed by atoms with Crippen molar-refractivity contribution in [2.45, 2.75) is 32.1 Å². The van der Waals surface area contributed by atoms with Crippen molar-refractivity contribution < 1.29 is 5.11 Å². The van der Waals surface area contributed by atoms with Gasteiger partial charge < -0.3 is 14.2 Å². The number of aryl methyl sites for hydroxylation is 1. The van der Waals surface area contributed by atoms with Crippen LogP contribution in [0.25, 0.3) is 66.1 Å². The fourth-order valence-corrected chi connectivity index (χ4v) is 7.05. The first-order valence-corrected chi connectivity index (χ1v) is 16.1. The number of benzene rings is 6. The first-order chi connectivity index (χ1) is 22.3. The van der Waals surface area contributed by atoms with Gasteiger partial charge in [0.15, 0.2) is 0 Å². The number of rotatable bonds is 9. The van der Waals surface area contributed by atoms with Crippen LogP contribution in [-0.4, -0.2) is 20.8 Å². The van der Waals surface area contributed by atoms with Crippen molar-refractivity contribution in [1.82, 2.24) is 9.13 Å². The third kappa shape index (κ3) is 4.90. The standard InChI is InChI=1S/C42H36N2O/c45-28-10-2-1-3-11-30-18-27-42-38(29-30)37-14-6-9-17-41(37)44(42)34-25-21-32(22-26-34)31-19-23-33(24-20-31)43-39-15-7-4-12-35(39)36-13-5-8-16-40(36)43/h4-9,12-27,29,45H,1-3,10-11,28H2. The van der Waals surface area contributed by atoms with Crippen LogP contribution in [0, 0.1) is 0 Å². The number of fused-ring (bicyclic) bond motifs is 6. The molecule has 0 radical (unpaired) electrons.